The van der Waals surface area contributed by atoms with E-state index in [1.165, 1.54) is 0 Å². The van der Waals surface area contributed by atoms with Crippen LogP contribution in [0.2, 0.25) is 0 Å². The molecule has 1 N–H and O–H groups in total. The van der Waals surface area contributed by atoms with E-state index in [4.69, 9.17) is 0 Å². The molecule has 0 saturated carbocycles. The van der Waals surface area contributed by atoms with E-state index >= 15 is 0 Å². The standard InChI is InChI=1S/C18H26N8O/c1-24(2)8-4-7-19-17-22-13-15(14-23-17)16(27)25-9-11-26(12-10-25)18-20-5-3-6-21-18/h3,5-6,13-14H,4,7-12H2,1-2H3,(H,19,22,23). The SMILES string of the molecule is CN(C)CCCNc1ncc(C(=O)N2CCN(c3ncccn3)CC2)cn1. The molecule has 3 rings (SSSR count). The molecule has 0 radical (unpaired) electrons. The van der Waals surface area contributed by atoms with Crippen LogP contribution in [0.1, 0.15) is 16.8 Å². The van der Waals surface area contributed by atoms with Gasteiger partial charge in [0.05, 0.1) is 5.56 Å². The number of anilines is 2. The zero-order chi connectivity index (χ0) is 19.1. The molecule has 27 heavy (non-hydrogen) atoms. The number of nitrogens with zero attached hydrogens (tertiary/aromatic N) is 7. The predicted octanol–water partition coefficient (Wildman–Crippen LogP) is 0.593. The minimum Gasteiger partial charge on any atom is -0.354 e. The van der Waals surface area contributed by atoms with E-state index in [0.717, 1.165) is 19.5 Å². The minimum absolute atomic E-state index is 0.0391. The van der Waals surface area contributed by atoms with Crippen molar-refractivity contribution >= 4 is 17.8 Å². The fourth-order valence-corrected chi connectivity index (χ4v) is 2.87. The predicted molar refractivity (Wildman–Crippen MR) is 104 cm³/mol. The number of hydrogen-bond donors (Lipinski definition) is 1. The second-order valence-electron chi connectivity index (χ2n) is 6.71. The molecule has 9 heteroatoms. The highest BCUT2D eigenvalue weighted by Crippen LogP contribution is 2.12. The minimum atomic E-state index is -0.0391. The normalized spacial score (nSPS) is 14.5. The third-order valence-corrected chi connectivity index (χ3v) is 4.37. The lowest BCUT2D eigenvalue weighted by Gasteiger charge is -2.34. The second kappa shape index (κ2) is 9.22. The molecule has 0 aliphatic carbocycles. The molecule has 144 valence electrons. The Morgan fingerprint density at radius 3 is 2.37 bits per heavy atom. The Morgan fingerprint density at radius 1 is 1.07 bits per heavy atom. The molecule has 0 atom stereocenters. The van der Waals surface area contributed by atoms with Crippen molar-refractivity contribution in [3.63, 3.8) is 0 Å². The van der Waals surface area contributed by atoms with Crippen molar-refractivity contribution in [3.8, 4) is 0 Å². The molecule has 2 aromatic heterocycles. The average Bonchev–Trinajstić information content (AvgIpc) is 2.72. The Hall–Kier alpha value is -2.81. The number of carbonyl (C=O) groups is 1. The molecule has 2 aromatic rings. The molecule has 3 heterocycles. The van der Waals surface area contributed by atoms with Crippen LogP contribution in [0.15, 0.2) is 30.9 Å². The second-order valence-corrected chi connectivity index (χ2v) is 6.71. The van der Waals surface area contributed by atoms with Gasteiger partial charge < -0.3 is 20.0 Å². The van der Waals surface area contributed by atoms with E-state index in [0.29, 0.717) is 43.6 Å². The number of hydrogen-bond acceptors (Lipinski definition) is 8. The molecule has 9 nitrogen and oxygen atoms in total. The van der Waals surface area contributed by atoms with Crippen molar-refractivity contribution < 1.29 is 4.79 Å². The summed E-state index contributed by atoms with van der Waals surface area (Å²) in [5, 5.41) is 3.18. The maximum absolute atomic E-state index is 12.7. The van der Waals surface area contributed by atoms with Gasteiger partial charge in [0.2, 0.25) is 11.9 Å². The van der Waals surface area contributed by atoms with Crippen molar-refractivity contribution in [2.24, 2.45) is 0 Å². The Kier molecular flexibility index (Phi) is 6.48. The van der Waals surface area contributed by atoms with Crippen molar-refractivity contribution in [1.82, 2.24) is 29.7 Å². The number of rotatable bonds is 7. The zero-order valence-corrected chi connectivity index (χ0v) is 15.9. The Balaban J connectivity index is 1.48. The van der Waals surface area contributed by atoms with Crippen LogP contribution in [-0.2, 0) is 0 Å². The Bertz CT molecular complexity index is 714. The Morgan fingerprint density at radius 2 is 1.74 bits per heavy atom. The van der Waals surface area contributed by atoms with Gasteiger partial charge in [-0.25, -0.2) is 19.9 Å². The smallest absolute Gasteiger partial charge is 0.257 e. The summed E-state index contributed by atoms with van der Waals surface area (Å²) < 4.78 is 0. The van der Waals surface area contributed by atoms with Crippen LogP contribution in [0.25, 0.3) is 0 Å². The van der Waals surface area contributed by atoms with Gasteiger partial charge in [0.15, 0.2) is 0 Å². The van der Waals surface area contributed by atoms with Gasteiger partial charge in [0.25, 0.3) is 5.91 Å². The first-order valence-electron chi connectivity index (χ1n) is 9.15. The van der Waals surface area contributed by atoms with Crippen LogP contribution in [0.3, 0.4) is 0 Å². The average molecular weight is 370 g/mol. The maximum atomic E-state index is 12.7. The van der Waals surface area contributed by atoms with Crippen molar-refractivity contribution in [2.45, 2.75) is 6.42 Å². The van der Waals surface area contributed by atoms with Crippen LogP contribution in [0.4, 0.5) is 11.9 Å². The molecule has 0 bridgehead atoms. The lowest BCUT2D eigenvalue weighted by molar-refractivity contribution is 0.0745. The topological polar surface area (TPSA) is 90.4 Å². The number of nitrogens with one attached hydrogen (secondary N) is 1. The molecule has 0 aromatic carbocycles. The van der Waals surface area contributed by atoms with Gasteiger partial charge >= 0.3 is 0 Å². The van der Waals surface area contributed by atoms with Gasteiger partial charge in [0, 0.05) is 57.5 Å². The first kappa shape index (κ1) is 19.0. The van der Waals surface area contributed by atoms with Gasteiger partial charge in [-0.15, -0.1) is 0 Å². The molecular formula is C18H26N8O. The van der Waals surface area contributed by atoms with Crippen molar-refractivity contribution in [3.05, 3.63) is 36.4 Å². The third kappa shape index (κ3) is 5.33. The fourth-order valence-electron chi connectivity index (χ4n) is 2.87. The number of aromatic nitrogens is 4. The zero-order valence-electron chi connectivity index (χ0n) is 15.9. The molecule has 0 spiro atoms. The summed E-state index contributed by atoms with van der Waals surface area (Å²) in [5.74, 6) is 1.22. The van der Waals surface area contributed by atoms with E-state index in [2.05, 4.69) is 35.1 Å². The highest BCUT2D eigenvalue weighted by atomic mass is 16.2. The molecule has 1 amide bonds. The van der Waals surface area contributed by atoms with E-state index in [9.17, 15) is 4.79 Å². The summed E-state index contributed by atoms with van der Waals surface area (Å²) in [7, 11) is 4.09. The van der Waals surface area contributed by atoms with E-state index in [1.807, 2.05) is 19.0 Å². The molecule has 0 unspecified atom stereocenters. The number of carbonyl (C=O) groups excluding carboxylic acids is 1. The van der Waals surface area contributed by atoms with Gasteiger partial charge in [-0.2, -0.15) is 0 Å². The largest absolute Gasteiger partial charge is 0.354 e. The highest BCUT2D eigenvalue weighted by Gasteiger charge is 2.23. The Labute approximate surface area is 159 Å². The van der Waals surface area contributed by atoms with Crippen LogP contribution in [-0.4, -0.2) is 89.0 Å². The summed E-state index contributed by atoms with van der Waals surface area (Å²) in [5.41, 5.74) is 0.512. The molecule has 1 aliphatic rings. The summed E-state index contributed by atoms with van der Waals surface area (Å²) in [6.07, 6.45) is 7.65. The van der Waals surface area contributed by atoms with E-state index in [1.54, 1.807) is 30.9 Å². The molecular weight excluding hydrogens is 344 g/mol. The first-order valence-corrected chi connectivity index (χ1v) is 9.15. The number of amides is 1. The molecule has 1 saturated heterocycles. The van der Waals surface area contributed by atoms with Crippen LogP contribution < -0.4 is 10.2 Å². The highest BCUT2D eigenvalue weighted by molar-refractivity contribution is 5.93. The third-order valence-electron chi connectivity index (χ3n) is 4.37. The first-order chi connectivity index (χ1) is 13.1. The molecule has 1 aliphatic heterocycles. The van der Waals surface area contributed by atoms with Gasteiger partial charge in [-0.05, 0) is 33.1 Å². The quantitative estimate of drug-likeness (QED) is 0.709. The lowest BCUT2D eigenvalue weighted by Crippen LogP contribution is -2.49. The summed E-state index contributed by atoms with van der Waals surface area (Å²) in [4.78, 5) is 35.7. The molecule has 1 fully saturated rings. The monoisotopic (exact) mass is 370 g/mol. The van der Waals surface area contributed by atoms with Gasteiger partial charge in [-0.3, -0.25) is 4.79 Å². The van der Waals surface area contributed by atoms with Crippen LogP contribution >= 0.6 is 0 Å². The van der Waals surface area contributed by atoms with E-state index < -0.39 is 0 Å². The fraction of sp³-hybridized carbons (Fsp3) is 0.500. The van der Waals surface area contributed by atoms with Crippen LogP contribution in [0.5, 0.6) is 0 Å². The van der Waals surface area contributed by atoms with E-state index in [-0.39, 0.29) is 5.91 Å². The van der Waals surface area contributed by atoms with Gasteiger partial charge in [-0.1, -0.05) is 0 Å². The van der Waals surface area contributed by atoms with Crippen molar-refractivity contribution in [2.75, 3.05) is 63.6 Å². The summed E-state index contributed by atoms with van der Waals surface area (Å²) >= 11 is 0. The maximum Gasteiger partial charge on any atom is 0.257 e. The van der Waals surface area contributed by atoms with Crippen LogP contribution in [0, 0.1) is 0 Å². The number of piperazine rings is 1. The summed E-state index contributed by atoms with van der Waals surface area (Å²) in [6.45, 7) is 4.48. The van der Waals surface area contributed by atoms with Crippen molar-refractivity contribution in [1.29, 1.82) is 0 Å². The lowest BCUT2D eigenvalue weighted by atomic mass is 10.2. The van der Waals surface area contributed by atoms with Gasteiger partial charge in [0.1, 0.15) is 0 Å². The summed E-state index contributed by atoms with van der Waals surface area (Å²) in [6, 6.07) is 1.80.